The summed E-state index contributed by atoms with van der Waals surface area (Å²) in [6, 6.07) is 6.21. The highest BCUT2D eigenvalue weighted by Crippen LogP contribution is 2.23. The van der Waals surface area contributed by atoms with Crippen molar-refractivity contribution < 1.29 is 4.79 Å². The Morgan fingerprint density at radius 1 is 1.32 bits per heavy atom. The third kappa shape index (κ3) is 2.33. The average molecular weight is 254 g/mol. The van der Waals surface area contributed by atoms with Crippen LogP contribution in [0.15, 0.2) is 30.6 Å². The van der Waals surface area contributed by atoms with Gasteiger partial charge in [0.05, 0.1) is 0 Å². The first-order valence-corrected chi connectivity index (χ1v) is 6.93. The summed E-state index contributed by atoms with van der Waals surface area (Å²) in [5, 5.41) is 0. The fourth-order valence-corrected chi connectivity index (χ4v) is 2.75. The molecule has 0 bridgehead atoms. The number of fused-ring (bicyclic) bond motifs is 1. The number of Topliss-reactive ketones (excluding diaryl/α,β-unsaturated/α-hetero) is 1. The van der Waals surface area contributed by atoms with Crippen LogP contribution in [0, 0.1) is 0 Å². The van der Waals surface area contributed by atoms with Crippen molar-refractivity contribution in [3.8, 4) is 0 Å². The Morgan fingerprint density at radius 3 is 3.05 bits per heavy atom. The van der Waals surface area contributed by atoms with Gasteiger partial charge >= 0.3 is 0 Å². The molecule has 3 heteroatoms. The molecule has 0 N–H and O–H groups in total. The number of nitrogens with zero attached hydrogens (tertiary/aromatic N) is 2. The molecule has 1 aromatic carbocycles. The molecule has 19 heavy (non-hydrogen) atoms. The SMILES string of the molecule is CCCn1ccnc1Cc1ccc2c(c1)CCC2=O. The number of hydrogen-bond donors (Lipinski definition) is 0. The van der Waals surface area contributed by atoms with E-state index in [1.54, 1.807) is 0 Å². The lowest BCUT2D eigenvalue weighted by atomic mass is 10.0. The highest BCUT2D eigenvalue weighted by atomic mass is 16.1. The molecule has 3 nitrogen and oxygen atoms in total. The molecule has 1 aromatic heterocycles. The summed E-state index contributed by atoms with van der Waals surface area (Å²) in [5.41, 5.74) is 3.37. The molecule has 0 radical (unpaired) electrons. The van der Waals surface area contributed by atoms with Crippen molar-refractivity contribution in [1.82, 2.24) is 9.55 Å². The number of hydrogen-bond acceptors (Lipinski definition) is 2. The molecular formula is C16H18N2O. The van der Waals surface area contributed by atoms with Crippen LogP contribution in [0.5, 0.6) is 0 Å². The highest BCUT2D eigenvalue weighted by molar-refractivity contribution is 6.00. The topological polar surface area (TPSA) is 34.9 Å². The lowest BCUT2D eigenvalue weighted by Crippen LogP contribution is -2.03. The minimum Gasteiger partial charge on any atom is -0.335 e. The summed E-state index contributed by atoms with van der Waals surface area (Å²) in [6.45, 7) is 3.18. The number of carbonyl (C=O) groups is 1. The predicted octanol–water partition coefficient (Wildman–Crippen LogP) is 3.01. The van der Waals surface area contributed by atoms with Crippen LogP contribution in [0.4, 0.5) is 0 Å². The van der Waals surface area contributed by atoms with E-state index in [9.17, 15) is 4.79 Å². The molecule has 0 spiro atoms. The normalized spacial score (nSPS) is 13.8. The molecule has 0 saturated carbocycles. The van der Waals surface area contributed by atoms with E-state index < -0.39 is 0 Å². The standard InChI is InChI=1S/C16H18N2O/c1-2-8-18-9-7-17-16(18)11-12-3-5-14-13(10-12)4-6-15(14)19/h3,5,7,9-10H,2,4,6,8,11H2,1H3. The first kappa shape index (κ1) is 12.2. The Balaban J connectivity index is 1.84. The zero-order valence-electron chi connectivity index (χ0n) is 11.2. The monoisotopic (exact) mass is 254 g/mol. The maximum absolute atomic E-state index is 11.6. The van der Waals surface area contributed by atoms with Gasteiger partial charge in [-0.15, -0.1) is 0 Å². The maximum Gasteiger partial charge on any atom is 0.163 e. The fraction of sp³-hybridized carbons (Fsp3) is 0.375. The molecule has 0 unspecified atom stereocenters. The van der Waals surface area contributed by atoms with Crippen LogP contribution in [-0.2, 0) is 19.4 Å². The molecule has 1 aliphatic rings. The second kappa shape index (κ2) is 5.00. The minimum atomic E-state index is 0.286. The average Bonchev–Trinajstić information content (AvgIpc) is 2.98. The summed E-state index contributed by atoms with van der Waals surface area (Å²) in [7, 11) is 0. The van der Waals surface area contributed by atoms with Gasteiger partial charge in [0.1, 0.15) is 5.82 Å². The van der Waals surface area contributed by atoms with E-state index in [-0.39, 0.29) is 5.78 Å². The van der Waals surface area contributed by atoms with E-state index >= 15 is 0 Å². The number of imidazole rings is 1. The van der Waals surface area contributed by atoms with Crippen LogP contribution in [0.2, 0.25) is 0 Å². The van der Waals surface area contributed by atoms with E-state index in [1.165, 1.54) is 11.1 Å². The van der Waals surface area contributed by atoms with Gasteiger partial charge in [-0.1, -0.05) is 25.1 Å². The van der Waals surface area contributed by atoms with E-state index in [1.807, 2.05) is 18.5 Å². The van der Waals surface area contributed by atoms with Crippen LogP contribution in [0.25, 0.3) is 0 Å². The van der Waals surface area contributed by atoms with Crippen molar-refractivity contribution in [3.63, 3.8) is 0 Å². The van der Waals surface area contributed by atoms with Gasteiger partial charge in [-0.2, -0.15) is 0 Å². The van der Waals surface area contributed by atoms with Crippen LogP contribution in [-0.4, -0.2) is 15.3 Å². The summed E-state index contributed by atoms with van der Waals surface area (Å²) >= 11 is 0. The summed E-state index contributed by atoms with van der Waals surface area (Å²) < 4.78 is 2.21. The summed E-state index contributed by atoms with van der Waals surface area (Å²) in [6.07, 6.45) is 7.42. The van der Waals surface area contributed by atoms with Gasteiger partial charge in [0.15, 0.2) is 5.78 Å². The van der Waals surface area contributed by atoms with Crippen LogP contribution in [0.1, 0.15) is 47.1 Å². The Morgan fingerprint density at radius 2 is 2.21 bits per heavy atom. The van der Waals surface area contributed by atoms with E-state index in [2.05, 4.69) is 28.6 Å². The Bertz CT molecular complexity index is 613. The van der Waals surface area contributed by atoms with Crippen LogP contribution >= 0.6 is 0 Å². The molecule has 0 fully saturated rings. The molecule has 2 aromatic rings. The molecule has 1 aliphatic carbocycles. The minimum absolute atomic E-state index is 0.286. The van der Waals surface area contributed by atoms with Crippen molar-refractivity contribution >= 4 is 5.78 Å². The first-order valence-electron chi connectivity index (χ1n) is 6.93. The van der Waals surface area contributed by atoms with Gasteiger partial charge in [0.2, 0.25) is 0 Å². The van der Waals surface area contributed by atoms with Gasteiger partial charge in [0.25, 0.3) is 0 Å². The Kier molecular flexibility index (Phi) is 3.20. The highest BCUT2D eigenvalue weighted by Gasteiger charge is 2.19. The fourth-order valence-electron chi connectivity index (χ4n) is 2.75. The van der Waals surface area contributed by atoms with Crippen molar-refractivity contribution in [3.05, 3.63) is 53.1 Å². The number of aromatic nitrogens is 2. The lowest BCUT2D eigenvalue weighted by Gasteiger charge is -2.07. The van der Waals surface area contributed by atoms with Crippen LogP contribution in [0.3, 0.4) is 0 Å². The molecule has 98 valence electrons. The van der Waals surface area contributed by atoms with E-state index in [4.69, 9.17) is 0 Å². The van der Waals surface area contributed by atoms with Gasteiger partial charge < -0.3 is 4.57 Å². The van der Waals surface area contributed by atoms with E-state index in [0.717, 1.165) is 37.2 Å². The third-order valence-electron chi connectivity index (χ3n) is 3.72. The quantitative estimate of drug-likeness (QED) is 0.840. The smallest absolute Gasteiger partial charge is 0.163 e. The number of carbonyl (C=O) groups excluding carboxylic acids is 1. The van der Waals surface area contributed by atoms with Crippen LogP contribution < -0.4 is 0 Å². The number of aryl methyl sites for hydroxylation is 2. The summed E-state index contributed by atoms with van der Waals surface area (Å²) in [4.78, 5) is 16.1. The Labute approximate surface area is 113 Å². The number of benzene rings is 1. The summed E-state index contributed by atoms with van der Waals surface area (Å²) in [5.74, 6) is 1.39. The van der Waals surface area contributed by atoms with Gasteiger partial charge in [0, 0.05) is 37.3 Å². The van der Waals surface area contributed by atoms with Gasteiger partial charge in [-0.05, 0) is 24.0 Å². The molecular weight excluding hydrogens is 236 g/mol. The zero-order chi connectivity index (χ0) is 13.2. The molecule has 1 heterocycles. The zero-order valence-corrected chi connectivity index (χ0v) is 11.2. The molecule has 0 aliphatic heterocycles. The van der Waals surface area contributed by atoms with Gasteiger partial charge in [-0.25, -0.2) is 4.98 Å². The molecule has 0 amide bonds. The first-order chi connectivity index (χ1) is 9.28. The largest absolute Gasteiger partial charge is 0.335 e. The van der Waals surface area contributed by atoms with Crippen molar-refractivity contribution in [2.45, 2.75) is 39.2 Å². The third-order valence-corrected chi connectivity index (χ3v) is 3.72. The number of rotatable bonds is 4. The predicted molar refractivity (Wildman–Crippen MR) is 74.4 cm³/mol. The molecule has 0 atom stereocenters. The Hall–Kier alpha value is -1.90. The van der Waals surface area contributed by atoms with Crippen molar-refractivity contribution in [2.75, 3.05) is 0 Å². The van der Waals surface area contributed by atoms with Crippen molar-refractivity contribution in [2.24, 2.45) is 0 Å². The second-order valence-electron chi connectivity index (χ2n) is 5.13. The van der Waals surface area contributed by atoms with Gasteiger partial charge in [-0.3, -0.25) is 4.79 Å². The second-order valence-corrected chi connectivity index (χ2v) is 5.13. The maximum atomic E-state index is 11.6. The van der Waals surface area contributed by atoms with Crippen molar-refractivity contribution in [1.29, 1.82) is 0 Å². The van der Waals surface area contributed by atoms with E-state index in [0.29, 0.717) is 6.42 Å². The molecule has 0 saturated heterocycles. The number of ketones is 1. The lowest BCUT2D eigenvalue weighted by molar-refractivity contribution is 0.0994. The molecule has 3 rings (SSSR count).